The number of likely N-dealkylation sites (N-methyl/N-ethyl adjacent to an activating group) is 1. The van der Waals surface area contributed by atoms with Crippen molar-refractivity contribution in [3.05, 3.63) is 21.9 Å². The van der Waals surface area contributed by atoms with Crippen molar-refractivity contribution in [3.63, 3.8) is 0 Å². The van der Waals surface area contributed by atoms with Gasteiger partial charge in [0.25, 0.3) is 0 Å². The lowest BCUT2D eigenvalue weighted by Crippen LogP contribution is -2.40. The van der Waals surface area contributed by atoms with Crippen molar-refractivity contribution in [2.75, 3.05) is 38.7 Å². The molecule has 2 rings (SSSR count). The molecule has 5 nitrogen and oxygen atoms in total. The number of nitrogens with zero attached hydrogens (tertiary/aromatic N) is 2. The monoisotopic (exact) mass is 344 g/mol. The van der Waals surface area contributed by atoms with Crippen LogP contribution in [0.25, 0.3) is 0 Å². The first-order chi connectivity index (χ1) is 10.3. The van der Waals surface area contributed by atoms with E-state index >= 15 is 0 Å². The average Bonchev–Trinajstić information content (AvgIpc) is 2.99. The Morgan fingerprint density at radius 1 is 1.36 bits per heavy atom. The molecule has 1 amide bonds. The number of hydrogen-bond acceptors (Lipinski definition) is 5. The topological polar surface area (TPSA) is 57.7 Å². The van der Waals surface area contributed by atoms with Crippen LogP contribution in [0.1, 0.15) is 16.9 Å². The van der Waals surface area contributed by atoms with E-state index in [-0.39, 0.29) is 23.3 Å². The summed E-state index contributed by atoms with van der Waals surface area (Å²) in [7, 11) is 0.912. The molecule has 1 fully saturated rings. The standard InChI is InChI=1S/C15H24N2O3S2/c1-12-4-8-21-14(12)10-17(7-6-16(2)3)15(18)13-5-9-22(19,20)11-13/h4,8,13H,5-7,9-11H2,1-3H3/t13-/m1/s1. The van der Waals surface area contributed by atoms with E-state index in [1.165, 1.54) is 10.4 Å². The van der Waals surface area contributed by atoms with Crippen molar-refractivity contribution in [1.29, 1.82) is 0 Å². The Balaban J connectivity index is 2.09. The van der Waals surface area contributed by atoms with E-state index in [2.05, 4.69) is 6.07 Å². The predicted octanol–water partition coefficient (Wildman–Crippen LogP) is 1.38. The van der Waals surface area contributed by atoms with Crippen LogP contribution in [0.15, 0.2) is 11.4 Å². The number of amides is 1. The highest BCUT2D eigenvalue weighted by Crippen LogP contribution is 2.23. The van der Waals surface area contributed by atoms with Gasteiger partial charge in [-0.1, -0.05) is 0 Å². The van der Waals surface area contributed by atoms with Gasteiger partial charge in [0, 0.05) is 18.0 Å². The summed E-state index contributed by atoms with van der Waals surface area (Å²) in [6.07, 6.45) is 0.461. The van der Waals surface area contributed by atoms with Gasteiger partial charge in [0.1, 0.15) is 0 Å². The van der Waals surface area contributed by atoms with Gasteiger partial charge in [-0.05, 0) is 44.4 Å². The average molecular weight is 345 g/mol. The fraction of sp³-hybridized carbons (Fsp3) is 0.667. The van der Waals surface area contributed by atoms with Gasteiger partial charge < -0.3 is 9.80 Å². The number of carbonyl (C=O) groups is 1. The smallest absolute Gasteiger partial charge is 0.227 e. The lowest BCUT2D eigenvalue weighted by Gasteiger charge is -2.26. The largest absolute Gasteiger partial charge is 0.336 e. The first-order valence-corrected chi connectivity index (χ1v) is 10.2. The Labute approximate surface area is 136 Å². The molecule has 0 N–H and O–H groups in total. The first-order valence-electron chi connectivity index (χ1n) is 7.45. The third-order valence-electron chi connectivity index (χ3n) is 4.01. The molecular weight excluding hydrogens is 320 g/mol. The second-order valence-corrected chi connectivity index (χ2v) is 9.42. The van der Waals surface area contributed by atoms with Gasteiger partial charge in [0.15, 0.2) is 9.84 Å². The number of thiophene rings is 1. The summed E-state index contributed by atoms with van der Waals surface area (Å²) in [6.45, 7) is 4.02. The number of sulfone groups is 1. The van der Waals surface area contributed by atoms with E-state index in [0.29, 0.717) is 19.5 Å². The van der Waals surface area contributed by atoms with Gasteiger partial charge in [-0.25, -0.2) is 8.42 Å². The number of rotatable bonds is 6. The van der Waals surface area contributed by atoms with E-state index in [9.17, 15) is 13.2 Å². The Morgan fingerprint density at radius 2 is 2.09 bits per heavy atom. The van der Waals surface area contributed by atoms with Crippen molar-refractivity contribution < 1.29 is 13.2 Å². The van der Waals surface area contributed by atoms with E-state index in [4.69, 9.17) is 0 Å². The molecule has 1 aliphatic rings. The normalized spacial score (nSPS) is 20.5. The van der Waals surface area contributed by atoms with Crippen LogP contribution in [0.2, 0.25) is 0 Å². The molecule has 1 aromatic heterocycles. The maximum Gasteiger partial charge on any atom is 0.227 e. The molecule has 1 atom stereocenters. The summed E-state index contributed by atoms with van der Waals surface area (Å²) in [5.41, 5.74) is 1.19. The van der Waals surface area contributed by atoms with Gasteiger partial charge >= 0.3 is 0 Å². The fourth-order valence-electron chi connectivity index (χ4n) is 2.58. The Kier molecular flexibility index (Phi) is 5.63. The van der Waals surface area contributed by atoms with E-state index in [1.54, 1.807) is 11.3 Å². The van der Waals surface area contributed by atoms with Gasteiger partial charge in [0.2, 0.25) is 5.91 Å². The minimum atomic E-state index is -3.03. The zero-order valence-electron chi connectivity index (χ0n) is 13.4. The molecule has 0 aliphatic carbocycles. The molecule has 0 unspecified atom stereocenters. The summed E-state index contributed by atoms with van der Waals surface area (Å²) in [5.74, 6) is -0.236. The zero-order chi connectivity index (χ0) is 16.3. The molecule has 124 valence electrons. The lowest BCUT2D eigenvalue weighted by atomic mass is 10.1. The van der Waals surface area contributed by atoms with Crippen molar-refractivity contribution >= 4 is 27.1 Å². The first kappa shape index (κ1) is 17.4. The molecule has 2 heterocycles. The number of aryl methyl sites for hydroxylation is 1. The lowest BCUT2D eigenvalue weighted by molar-refractivity contribution is -0.135. The van der Waals surface area contributed by atoms with Crippen LogP contribution in [0, 0.1) is 12.8 Å². The Hall–Kier alpha value is -0.920. The Bertz CT molecular complexity index is 622. The van der Waals surface area contributed by atoms with Crippen molar-refractivity contribution in [2.24, 2.45) is 5.92 Å². The highest BCUT2D eigenvalue weighted by atomic mass is 32.2. The van der Waals surface area contributed by atoms with Crippen LogP contribution < -0.4 is 0 Å². The molecule has 1 aromatic rings. The maximum absolute atomic E-state index is 12.7. The zero-order valence-corrected chi connectivity index (χ0v) is 15.0. The third kappa shape index (κ3) is 4.54. The van der Waals surface area contributed by atoms with E-state index < -0.39 is 9.84 Å². The molecular formula is C15H24N2O3S2. The highest BCUT2D eigenvalue weighted by Gasteiger charge is 2.35. The van der Waals surface area contributed by atoms with Gasteiger partial charge in [-0.15, -0.1) is 11.3 Å². The highest BCUT2D eigenvalue weighted by molar-refractivity contribution is 7.91. The molecule has 1 saturated heterocycles. The molecule has 0 aromatic carbocycles. The summed E-state index contributed by atoms with van der Waals surface area (Å²) < 4.78 is 23.3. The summed E-state index contributed by atoms with van der Waals surface area (Å²) in [4.78, 5) is 17.8. The molecule has 7 heteroatoms. The molecule has 0 bridgehead atoms. The van der Waals surface area contributed by atoms with Gasteiger partial charge in [0.05, 0.1) is 24.0 Å². The van der Waals surface area contributed by atoms with E-state index in [0.717, 1.165) is 6.54 Å². The third-order valence-corrected chi connectivity index (χ3v) is 6.79. The van der Waals surface area contributed by atoms with Crippen LogP contribution >= 0.6 is 11.3 Å². The van der Waals surface area contributed by atoms with Gasteiger partial charge in [-0.2, -0.15) is 0 Å². The fourth-order valence-corrected chi connectivity index (χ4v) is 5.23. The number of hydrogen-bond donors (Lipinski definition) is 0. The van der Waals surface area contributed by atoms with Crippen LogP contribution in [0.4, 0.5) is 0 Å². The second-order valence-electron chi connectivity index (χ2n) is 6.19. The summed E-state index contributed by atoms with van der Waals surface area (Å²) >= 11 is 1.65. The minimum Gasteiger partial charge on any atom is -0.336 e. The molecule has 0 spiro atoms. The van der Waals surface area contributed by atoms with Crippen molar-refractivity contribution in [3.8, 4) is 0 Å². The van der Waals surface area contributed by atoms with Crippen LogP contribution in [-0.2, 0) is 21.2 Å². The summed E-state index contributed by atoms with van der Waals surface area (Å²) in [6, 6.07) is 2.05. The second kappa shape index (κ2) is 7.10. The summed E-state index contributed by atoms with van der Waals surface area (Å²) in [5, 5.41) is 2.03. The quantitative estimate of drug-likeness (QED) is 0.782. The SMILES string of the molecule is Cc1ccsc1CN(CCN(C)C)C(=O)[C@@H]1CCS(=O)(=O)C1. The van der Waals surface area contributed by atoms with Crippen LogP contribution in [0.3, 0.4) is 0 Å². The van der Waals surface area contributed by atoms with Crippen LogP contribution in [0.5, 0.6) is 0 Å². The van der Waals surface area contributed by atoms with Gasteiger partial charge in [-0.3, -0.25) is 4.79 Å². The van der Waals surface area contributed by atoms with Crippen molar-refractivity contribution in [2.45, 2.75) is 19.9 Å². The maximum atomic E-state index is 12.7. The molecule has 1 aliphatic heterocycles. The predicted molar refractivity (Wildman–Crippen MR) is 89.8 cm³/mol. The van der Waals surface area contributed by atoms with Crippen molar-refractivity contribution in [1.82, 2.24) is 9.80 Å². The molecule has 0 radical (unpaired) electrons. The van der Waals surface area contributed by atoms with Crippen LogP contribution in [-0.4, -0.2) is 62.8 Å². The Morgan fingerprint density at radius 3 is 2.59 bits per heavy atom. The van der Waals surface area contributed by atoms with E-state index in [1.807, 2.05) is 36.2 Å². The molecule has 22 heavy (non-hydrogen) atoms. The number of carbonyl (C=O) groups excluding carboxylic acids is 1. The minimum absolute atomic E-state index is 0.00766. The molecule has 0 saturated carbocycles.